The van der Waals surface area contributed by atoms with E-state index >= 15 is 0 Å². The Bertz CT molecular complexity index is 717. The fourth-order valence-electron chi connectivity index (χ4n) is 2.59. The second-order valence-corrected chi connectivity index (χ2v) is 5.28. The summed E-state index contributed by atoms with van der Waals surface area (Å²) in [7, 11) is 0. The predicted molar refractivity (Wildman–Crippen MR) is 80.3 cm³/mol. The van der Waals surface area contributed by atoms with Crippen LogP contribution in [0.4, 0.5) is 0 Å². The summed E-state index contributed by atoms with van der Waals surface area (Å²) >= 11 is 6.05. The van der Waals surface area contributed by atoms with Crippen LogP contribution in [-0.2, 0) is 6.42 Å². The number of allylic oxidation sites excluding steroid dienone is 1. The van der Waals surface area contributed by atoms with E-state index in [0.717, 1.165) is 29.5 Å². The molecule has 0 heterocycles. The molecule has 1 N–H and O–H groups in total. The lowest BCUT2D eigenvalue weighted by Gasteiger charge is -2.19. The molecule has 2 nitrogen and oxygen atoms in total. The highest BCUT2D eigenvalue weighted by Gasteiger charge is 2.16. The van der Waals surface area contributed by atoms with Crippen LogP contribution in [-0.4, -0.2) is 11.1 Å². The van der Waals surface area contributed by atoms with Gasteiger partial charge in [0, 0.05) is 5.02 Å². The number of rotatable bonds is 2. The molecule has 1 aliphatic carbocycles. The van der Waals surface area contributed by atoms with Gasteiger partial charge >= 0.3 is 5.97 Å². The van der Waals surface area contributed by atoms with Gasteiger partial charge in [0.1, 0.15) is 0 Å². The minimum absolute atomic E-state index is 0.318. The summed E-state index contributed by atoms with van der Waals surface area (Å²) in [5.74, 6) is -0.899. The lowest BCUT2D eigenvalue weighted by atomic mass is 9.86. The molecule has 0 radical (unpaired) electrons. The smallest absolute Gasteiger partial charge is 0.335 e. The molecular weight excluding hydrogens is 272 g/mol. The lowest BCUT2D eigenvalue weighted by molar-refractivity contribution is 0.0697. The molecule has 0 spiro atoms. The van der Waals surface area contributed by atoms with E-state index < -0.39 is 5.97 Å². The highest BCUT2D eigenvalue weighted by molar-refractivity contribution is 6.30. The van der Waals surface area contributed by atoms with Gasteiger partial charge in [0.05, 0.1) is 5.56 Å². The molecule has 0 amide bonds. The largest absolute Gasteiger partial charge is 0.478 e. The topological polar surface area (TPSA) is 37.3 Å². The third-order valence-corrected chi connectivity index (χ3v) is 3.78. The Kier molecular flexibility index (Phi) is 3.33. The minimum Gasteiger partial charge on any atom is -0.478 e. The quantitative estimate of drug-likeness (QED) is 0.886. The van der Waals surface area contributed by atoms with E-state index in [2.05, 4.69) is 6.08 Å². The van der Waals surface area contributed by atoms with E-state index in [-0.39, 0.29) is 0 Å². The molecule has 0 aliphatic heterocycles. The zero-order valence-electron chi connectivity index (χ0n) is 10.8. The van der Waals surface area contributed by atoms with Crippen LogP contribution in [0.1, 0.15) is 33.5 Å². The molecule has 0 bridgehead atoms. The van der Waals surface area contributed by atoms with Crippen LogP contribution in [0, 0.1) is 0 Å². The second kappa shape index (κ2) is 5.14. The maximum absolute atomic E-state index is 11.1. The number of benzene rings is 2. The van der Waals surface area contributed by atoms with Gasteiger partial charge in [0.15, 0.2) is 0 Å². The van der Waals surface area contributed by atoms with Crippen molar-refractivity contribution < 1.29 is 9.90 Å². The predicted octanol–water partition coefficient (Wildman–Crippen LogP) is 4.42. The summed E-state index contributed by atoms with van der Waals surface area (Å²) in [5, 5.41) is 9.83. The Balaban J connectivity index is 2.14. The Hall–Kier alpha value is -2.06. The van der Waals surface area contributed by atoms with E-state index in [0.29, 0.717) is 10.6 Å². The van der Waals surface area contributed by atoms with Gasteiger partial charge in [-0.05, 0) is 59.4 Å². The van der Waals surface area contributed by atoms with Crippen molar-refractivity contribution in [2.24, 2.45) is 0 Å². The number of carbonyl (C=O) groups is 1. The number of hydrogen-bond donors (Lipinski definition) is 1. The minimum atomic E-state index is -0.899. The van der Waals surface area contributed by atoms with Gasteiger partial charge in [-0.15, -0.1) is 0 Å². The molecule has 0 aromatic heterocycles. The van der Waals surface area contributed by atoms with E-state index in [1.54, 1.807) is 12.1 Å². The second-order valence-electron chi connectivity index (χ2n) is 4.84. The highest BCUT2D eigenvalue weighted by atomic mass is 35.5. The van der Waals surface area contributed by atoms with E-state index in [9.17, 15) is 4.79 Å². The fraction of sp³-hybridized carbons (Fsp3) is 0.118. The standard InChI is InChI=1S/C17H13ClO2/c18-14-5-1-4-12(9-14)15-6-2-3-11-7-8-13(17(19)20)10-16(11)15/h1,4-10H,2-3H2,(H,19,20). The number of hydrogen-bond acceptors (Lipinski definition) is 1. The zero-order valence-corrected chi connectivity index (χ0v) is 11.5. The Labute approximate surface area is 122 Å². The zero-order chi connectivity index (χ0) is 14.1. The van der Waals surface area contributed by atoms with E-state index in [1.165, 1.54) is 5.56 Å². The first kappa shape index (κ1) is 12.9. The van der Waals surface area contributed by atoms with Crippen molar-refractivity contribution in [1.82, 2.24) is 0 Å². The van der Waals surface area contributed by atoms with Crippen LogP contribution in [0.3, 0.4) is 0 Å². The number of fused-ring (bicyclic) bond motifs is 1. The first-order valence-electron chi connectivity index (χ1n) is 6.48. The monoisotopic (exact) mass is 284 g/mol. The van der Waals surface area contributed by atoms with E-state index in [1.807, 2.05) is 30.3 Å². The van der Waals surface area contributed by atoms with Gasteiger partial charge < -0.3 is 5.11 Å². The first-order valence-corrected chi connectivity index (χ1v) is 6.85. The average Bonchev–Trinajstić information content (AvgIpc) is 2.46. The number of carboxylic acids is 1. The molecule has 0 atom stereocenters. The van der Waals surface area contributed by atoms with Gasteiger partial charge in [0.2, 0.25) is 0 Å². The average molecular weight is 285 g/mol. The fourth-order valence-corrected chi connectivity index (χ4v) is 2.78. The molecule has 0 fully saturated rings. The summed E-state index contributed by atoms with van der Waals surface area (Å²) in [6.07, 6.45) is 4.06. The number of halogens is 1. The van der Waals surface area contributed by atoms with Crippen molar-refractivity contribution in [3.8, 4) is 0 Å². The molecule has 0 unspecified atom stereocenters. The summed E-state index contributed by atoms with van der Waals surface area (Å²) in [5.41, 5.74) is 4.60. The maximum atomic E-state index is 11.1. The lowest BCUT2D eigenvalue weighted by Crippen LogP contribution is -2.04. The molecule has 0 saturated heterocycles. The molecule has 100 valence electrons. The van der Waals surface area contributed by atoms with Crippen LogP contribution in [0.25, 0.3) is 5.57 Å². The summed E-state index contributed by atoms with van der Waals surface area (Å²) in [4.78, 5) is 11.1. The third-order valence-electron chi connectivity index (χ3n) is 3.54. The van der Waals surface area contributed by atoms with Crippen LogP contribution >= 0.6 is 11.6 Å². The third kappa shape index (κ3) is 2.35. The van der Waals surface area contributed by atoms with Crippen LogP contribution < -0.4 is 0 Å². The van der Waals surface area contributed by atoms with Crippen molar-refractivity contribution in [2.45, 2.75) is 12.8 Å². The first-order chi connectivity index (χ1) is 9.65. The SMILES string of the molecule is O=C(O)c1ccc2c(c1)C(c1cccc(Cl)c1)=CCC2. The van der Waals surface area contributed by atoms with Gasteiger partial charge in [-0.25, -0.2) is 4.79 Å². The molecule has 3 rings (SSSR count). The van der Waals surface area contributed by atoms with Crippen molar-refractivity contribution >= 4 is 23.1 Å². The molecule has 1 aliphatic rings. The van der Waals surface area contributed by atoms with Gasteiger partial charge in [-0.1, -0.05) is 35.9 Å². The van der Waals surface area contributed by atoms with Crippen molar-refractivity contribution in [1.29, 1.82) is 0 Å². The highest BCUT2D eigenvalue weighted by Crippen LogP contribution is 2.33. The van der Waals surface area contributed by atoms with Crippen LogP contribution in [0.15, 0.2) is 48.5 Å². The van der Waals surface area contributed by atoms with Crippen LogP contribution in [0.5, 0.6) is 0 Å². The van der Waals surface area contributed by atoms with Crippen molar-refractivity contribution in [3.63, 3.8) is 0 Å². The molecule has 2 aromatic rings. The summed E-state index contributed by atoms with van der Waals surface area (Å²) < 4.78 is 0. The van der Waals surface area contributed by atoms with E-state index in [4.69, 9.17) is 16.7 Å². The molecule has 0 saturated carbocycles. The summed E-state index contributed by atoms with van der Waals surface area (Å²) in [6.45, 7) is 0. The summed E-state index contributed by atoms with van der Waals surface area (Å²) in [6, 6.07) is 13.0. The number of carboxylic acid groups (broad SMARTS) is 1. The maximum Gasteiger partial charge on any atom is 0.335 e. The number of aromatic carboxylic acids is 1. The number of aryl methyl sites for hydroxylation is 1. The normalized spacial score (nSPS) is 13.6. The molecule has 20 heavy (non-hydrogen) atoms. The van der Waals surface area contributed by atoms with Gasteiger partial charge in [-0.3, -0.25) is 0 Å². The molecule has 2 aromatic carbocycles. The van der Waals surface area contributed by atoms with Crippen molar-refractivity contribution in [2.75, 3.05) is 0 Å². The molecule has 3 heteroatoms. The Morgan fingerprint density at radius 3 is 2.75 bits per heavy atom. The van der Waals surface area contributed by atoms with Gasteiger partial charge in [0.25, 0.3) is 0 Å². The Morgan fingerprint density at radius 1 is 1.15 bits per heavy atom. The Morgan fingerprint density at radius 2 is 2.00 bits per heavy atom. The van der Waals surface area contributed by atoms with Crippen molar-refractivity contribution in [3.05, 3.63) is 75.8 Å². The van der Waals surface area contributed by atoms with Gasteiger partial charge in [-0.2, -0.15) is 0 Å². The van der Waals surface area contributed by atoms with Crippen LogP contribution in [0.2, 0.25) is 5.02 Å². The molecular formula is C17H13ClO2.